The average Bonchev–Trinajstić information content (AvgIpc) is 2.80. The Hall–Kier alpha value is -2.65. The predicted octanol–water partition coefficient (Wildman–Crippen LogP) is 2.12. The molecule has 2 aromatic heterocycles. The first-order valence-electron chi connectivity index (χ1n) is 5.82. The number of hydrogen-bond acceptors (Lipinski definition) is 5. The highest BCUT2D eigenvalue weighted by Gasteiger charge is 2.16. The molecule has 1 aromatic carbocycles. The Morgan fingerprint density at radius 3 is 2.90 bits per heavy atom. The molecule has 3 rings (SSSR count). The average molecular weight is 285 g/mol. The molecule has 98 valence electrons. The number of imidazole rings is 1. The van der Waals surface area contributed by atoms with Gasteiger partial charge in [-0.15, -0.1) is 0 Å². The summed E-state index contributed by atoms with van der Waals surface area (Å²) in [7, 11) is 0. The van der Waals surface area contributed by atoms with E-state index in [0.29, 0.717) is 11.6 Å². The second-order valence-electron chi connectivity index (χ2n) is 4.08. The van der Waals surface area contributed by atoms with Gasteiger partial charge in [0.15, 0.2) is 5.82 Å². The number of anilines is 1. The molecule has 0 spiro atoms. The molecule has 0 amide bonds. The summed E-state index contributed by atoms with van der Waals surface area (Å²) in [5.74, 6) is 1.18. The lowest BCUT2D eigenvalue weighted by Gasteiger charge is -2.09. The van der Waals surface area contributed by atoms with Crippen LogP contribution in [-0.2, 0) is 6.42 Å². The molecule has 2 heterocycles. The lowest BCUT2D eigenvalue weighted by molar-refractivity contribution is 0.913. The number of aromatic nitrogens is 4. The smallest absolute Gasteiger partial charge is 0.163 e. The fraction of sp³-hybridized carbons (Fsp3) is 0.0769. The molecule has 0 atom stereocenters. The van der Waals surface area contributed by atoms with Crippen LogP contribution in [0.3, 0.4) is 0 Å². The third-order valence-corrected chi connectivity index (χ3v) is 3.24. The van der Waals surface area contributed by atoms with Crippen LogP contribution in [0, 0.1) is 11.3 Å². The van der Waals surface area contributed by atoms with Crippen LogP contribution in [0.1, 0.15) is 5.82 Å². The van der Waals surface area contributed by atoms with Crippen LogP contribution in [0.25, 0.3) is 16.9 Å². The van der Waals surface area contributed by atoms with Crippen LogP contribution < -0.4 is 5.73 Å². The van der Waals surface area contributed by atoms with E-state index in [1.807, 2.05) is 24.3 Å². The van der Waals surface area contributed by atoms with Gasteiger partial charge in [-0.25, -0.2) is 15.0 Å². The highest BCUT2D eigenvalue weighted by atomic mass is 35.5. The molecule has 0 unspecified atom stereocenters. The summed E-state index contributed by atoms with van der Waals surface area (Å²) < 4.78 is 1.74. The Kier molecular flexibility index (Phi) is 2.97. The highest BCUT2D eigenvalue weighted by Crippen LogP contribution is 2.27. The Balaban J connectivity index is 2.37. The van der Waals surface area contributed by atoms with Gasteiger partial charge >= 0.3 is 0 Å². The number of halogens is 1. The number of rotatable bonds is 2. The summed E-state index contributed by atoms with van der Waals surface area (Å²) in [5, 5.41) is 9.19. The SMILES string of the molecule is N#CCc1nc2ccccc2n1-c1ncnc(N)c1Cl. The minimum atomic E-state index is 0.148. The largest absolute Gasteiger partial charge is 0.382 e. The van der Waals surface area contributed by atoms with E-state index in [4.69, 9.17) is 22.6 Å². The van der Waals surface area contributed by atoms with Crippen molar-refractivity contribution in [3.63, 3.8) is 0 Å². The lowest BCUT2D eigenvalue weighted by atomic mass is 10.3. The van der Waals surface area contributed by atoms with Crippen molar-refractivity contribution in [1.82, 2.24) is 19.5 Å². The Morgan fingerprint density at radius 2 is 2.10 bits per heavy atom. The number of nitrogen functional groups attached to an aromatic ring is 1. The maximum atomic E-state index is 8.95. The minimum absolute atomic E-state index is 0.148. The van der Waals surface area contributed by atoms with Crippen molar-refractivity contribution >= 4 is 28.5 Å². The standard InChI is InChI=1S/C13H9ClN6/c14-11-12(16)17-7-18-13(11)20-9-4-2-1-3-8(9)19-10(20)5-6-15/h1-4,7H,5H2,(H2,16,17,18). The summed E-state index contributed by atoms with van der Waals surface area (Å²) in [4.78, 5) is 12.4. The van der Waals surface area contributed by atoms with Gasteiger partial charge in [-0.2, -0.15) is 5.26 Å². The van der Waals surface area contributed by atoms with E-state index in [2.05, 4.69) is 21.0 Å². The molecule has 0 bridgehead atoms. The molecule has 0 aliphatic carbocycles. The van der Waals surface area contributed by atoms with Crippen molar-refractivity contribution in [1.29, 1.82) is 5.26 Å². The molecule has 6 nitrogen and oxygen atoms in total. The van der Waals surface area contributed by atoms with Crippen molar-refractivity contribution < 1.29 is 0 Å². The maximum Gasteiger partial charge on any atom is 0.163 e. The molecular formula is C13H9ClN6. The second-order valence-corrected chi connectivity index (χ2v) is 4.46. The number of para-hydroxylation sites is 2. The van der Waals surface area contributed by atoms with Gasteiger partial charge in [-0.3, -0.25) is 4.57 Å². The topological polar surface area (TPSA) is 93.4 Å². The first-order valence-corrected chi connectivity index (χ1v) is 6.20. The summed E-state index contributed by atoms with van der Waals surface area (Å²) in [6.07, 6.45) is 1.48. The normalized spacial score (nSPS) is 10.6. The molecule has 7 heteroatoms. The van der Waals surface area contributed by atoms with E-state index in [1.54, 1.807) is 4.57 Å². The van der Waals surface area contributed by atoms with E-state index >= 15 is 0 Å². The van der Waals surface area contributed by atoms with Crippen LogP contribution in [0.4, 0.5) is 5.82 Å². The molecule has 20 heavy (non-hydrogen) atoms. The van der Waals surface area contributed by atoms with E-state index in [1.165, 1.54) is 6.33 Å². The Bertz CT molecular complexity index is 832. The van der Waals surface area contributed by atoms with Crippen molar-refractivity contribution in [2.75, 3.05) is 5.73 Å². The number of hydrogen-bond donors (Lipinski definition) is 1. The molecule has 0 aliphatic rings. The van der Waals surface area contributed by atoms with Crippen LogP contribution >= 0.6 is 11.6 Å². The fourth-order valence-corrected chi connectivity index (χ4v) is 2.21. The molecule has 0 radical (unpaired) electrons. The monoisotopic (exact) mass is 284 g/mol. The predicted molar refractivity (Wildman–Crippen MR) is 75.4 cm³/mol. The fourth-order valence-electron chi connectivity index (χ4n) is 2.03. The molecule has 3 aromatic rings. The molecular weight excluding hydrogens is 276 g/mol. The lowest BCUT2D eigenvalue weighted by Crippen LogP contribution is -2.06. The van der Waals surface area contributed by atoms with Crippen molar-refractivity contribution in [2.24, 2.45) is 0 Å². The van der Waals surface area contributed by atoms with E-state index in [-0.39, 0.29) is 17.3 Å². The van der Waals surface area contributed by atoms with Crippen molar-refractivity contribution in [2.45, 2.75) is 6.42 Å². The van der Waals surface area contributed by atoms with Crippen molar-refractivity contribution in [3.8, 4) is 11.9 Å². The maximum absolute atomic E-state index is 8.95. The third kappa shape index (κ3) is 1.85. The van der Waals surface area contributed by atoms with Crippen LogP contribution in [0.5, 0.6) is 0 Å². The number of benzene rings is 1. The Labute approximate surface area is 119 Å². The van der Waals surface area contributed by atoms with Gasteiger partial charge in [0.25, 0.3) is 0 Å². The number of nitriles is 1. The first kappa shape index (κ1) is 12.4. The summed E-state index contributed by atoms with van der Waals surface area (Å²) >= 11 is 6.18. The molecule has 0 fully saturated rings. The third-order valence-electron chi connectivity index (χ3n) is 2.88. The molecule has 0 aliphatic heterocycles. The van der Waals surface area contributed by atoms with Crippen LogP contribution in [0.15, 0.2) is 30.6 Å². The van der Waals surface area contributed by atoms with Gasteiger partial charge in [-0.05, 0) is 12.1 Å². The highest BCUT2D eigenvalue weighted by molar-refractivity contribution is 6.34. The van der Waals surface area contributed by atoms with Crippen LogP contribution in [-0.4, -0.2) is 19.5 Å². The molecule has 2 N–H and O–H groups in total. The van der Waals surface area contributed by atoms with Gasteiger partial charge in [0.1, 0.15) is 23.0 Å². The zero-order chi connectivity index (χ0) is 14.1. The quantitative estimate of drug-likeness (QED) is 0.778. The Morgan fingerprint density at radius 1 is 1.30 bits per heavy atom. The van der Waals surface area contributed by atoms with Crippen molar-refractivity contribution in [3.05, 3.63) is 41.4 Å². The number of nitrogens with two attached hydrogens (primary N) is 1. The number of nitrogens with zero attached hydrogens (tertiary/aromatic N) is 5. The van der Waals surface area contributed by atoms with E-state index in [9.17, 15) is 0 Å². The van der Waals surface area contributed by atoms with Gasteiger partial charge in [0.05, 0.1) is 23.5 Å². The number of fused-ring (bicyclic) bond motifs is 1. The zero-order valence-corrected chi connectivity index (χ0v) is 11.0. The summed E-state index contributed by atoms with van der Waals surface area (Å²) in [6.45, 7) is 0. The van der Waals surface area contributed by atoms with Crippen LogP contribution in [0.2, 0.25) is 5.02 Å². The summed E-state index contributed by atoms with van der Waals surface area (Å²) in [6, 6.07) is 9.61. The zero-order valence-electron chi connectivity index (χ0n) is 10.3. The minimum Gasteiger partial charge on any atom is -0.382 e. The molecule has 0 saturated heterocycles. The van der Waals surface area contributed by atoms with Gasteiger partial charge in [0.2, 0.25) is 0 Å². The second kappa shape index (κ2) is 4.79. The molecule has 0 saturated carbocycles. The van der Waals surface area contributed by atoms with Gasteiger partial charge in [0, 0.05) is 0 Å². The van der Waals surface area contributed by atoms with Gasteiger partial charge in [-0.1, -0.05) is 23.7 Å². The summed E-state index contributed by atoms with van der Waals surface area (Å²) in [5.41, 5.74) is 7.30. The van der Waals surface area contributed by atoms with E-state index < -0.39 is 0 Å². The van der Waals surface area contributed by atoms with E-state index in [0.717, 1.165) is 11.0 Å². The first-order chi connectivity index (χ1) is 9.72. The van der Waals surface area contributed by atoms with Gasteiger partial charge < -0.3 is 5.73 Å².